The Bertz CT molecular complexity index is 122. The monoisotopic (exact) mass is 168 g/mol. The Hall–Kier alpha value is -0.600. The first-order valence-corrected chi connectivity index (χ1v) is 4.47. The minimum Gasteiger partial charge on any atom is -0.252 e. The Morgan fingerprint density at radius 2 is 1.83 bits per heavy atom. The molecule has 1 atom stereocenters. The van der Waals surface area contributed by atoms with Crippen LogP contribution in [0.4, 0.5) is 0 Å². The van der Waals surface area contributed by atoms with Gasteiger partial charge in [0, 0.05) is 19.1 Å². The quantitative estimate of drug-likeness (QED) is 0.462. The second-order valence-corrected chi connectivity index (χ2v) is 2.92. The van der Waals surface area contributed by atoms with Crippen LogP contribution >= 0.6 is 0 Å². The fourth-order valence-electron chi connectivity index (χ4n) is 0.895. The first-order valence-electron chi connectivity index (χ1n) is 4.47. The molecule has 0 aliphatic carbocycles. The Morgan fingerprint density at radius 1 is 1.33 bits per heavy atom. The Labute approximate surface area is 75.9 Å². The van der Waals surface area contributed by atoms with Crippen molar-refractivity contribution < 1.29 is 0 Å². The van der Waals surface area contributed by atoms with Crippen LogP contribution in [-0.2, 0) is 0 Å². The predicted molar refractivity (Wildman–Crippen MR) is 54.9 cm³/mol. The molecule has 0 fully saturated rings. The van der Waals surface area contributed by atoms with E-state index in [9.17, 15) is 0 Å². The molecule has 0 rings (SSSR count). The van der Waals surface area contributed by atoms with E-state index in [0.29, 0.717) is 6.04 Å². The van der Waals surface area contributed by atoms with Gasteiger partial charge in [-0.15, -0.1) is 13.2 Å². The van der Waals surface area contributed by atoms with Crippen LogP contribution in [0.5, 0.6) is 0 Å². The van der Waals surface area contributed by atoms with Crippen molar-refractivity contribution in [3.63, 3.8) is 0 Å². The molecule has 12 heavy (non-hydrogen) atoms. The lowest BCUT2D eigenvalue weighted by molar-refractivity contribution is 0.199. The molecular weight excluding hydrogens is 148 g/mol. The minimum absolute atomic E-state index is 0.518. The van der Waals surface area contributed by atoms with Crippen LogP contribution < -0.4 is 5.43 Å². The molecule has 70 valence electrons. The highest BCUT2D eigenvalue weighted by Gasteiger charge is 2.03. The molecule has 0 radical (unpaired) electrons. The van der Waals surface area contributed by atoms with E-state index in [-0.39, 0.29) is 0 Å². The first-order chi connectivity index (χ1) is 5.74. The number of hydrogen-bond acceptors (Lipinski definition) is 2. The molecule has 0 aliphatic rings. The smallest absolute Gasteiger partial charge is 0.0312 e. The van der Waals surface area contributed by atoms with E-state index in [1.807, 2.05) is 12.2 Å². The van der Waals surface area contributed by atoms with Gasteiger partial charge in [-0.3, -0.25) is 5.43 Å². The maximum absolute atomic E-state index is 3.70. The summed E-state index contributed by atoms with van der Waals surface area (Å²) < 4.78 is 0. The molecule has 0 aromatic heterocycles. The van der Waals surface area contributed by atoms with Crippen LogP contribution in [0, 0.1) is 0 Å². The van der Waals surface area contributed by atoms with Crippen molar-refractivity contribution in [3.8, 4) is 0 Å². The lowest BCUT2D eigenvalue weighted by Gasteiger charge is -2.24. The van der Waals surface area contributed by atoms with Gasteiger partial charge < -0.3 is 0 Å². The van der Waals surface area contributed by atoms with E-state index < -0.39 is 0 Å². The van der Waals surface area contributed by atoms with Gasteiger partial charge in [-0.05, 0) is 13.3 Å². The van der Waals surface area contributed by atoms with Gasteiger partial charge in [0.05, 0.1) is 0 Å². The van der Waals surface area contributed by atoms with Gasteiger partial charge >= 0.3 is 0 Å². The van der Waals surface area contributed by atoms with Crippen molar-refractivity contribution in [2.45, 2.75) is 26.3 Å². The molecule has 0 heterocycles. The number of hydrazine groups is 1. The summed E-state index contributed by atoms with van der Waals surface area (Å²) in [6.07, 6.45) is 4.91. The third-order valence-corrected chi connectivity index (χ3v) is 1.71. The topological polar surface area (TPSA) is 15.3 Å². The highest BCUT2D eigenvalue weighted by Crippen LogP contribution is 1.91. The van der Waals surface area contributed by atoms with Gasteiger partial charge in [-0.2, -0.15) is 0 Å². The van der Waals surface area contributed by atoms with E-state index in [0.717, 1.165) is 19.5 Å². The Morgan fingerprint density at radius 3 is 2.17 bits per heavy atom. The summed E-state index contributed by atoms with van der Waals surface area (Å²) in [7, 11) is 0. The third-order valence-electron chi connectivity index (χ3n) is 1.71. The summed E-state index contributed by atoms with van der Waals surface area (Å²) in [5.41, 5.74) is 3.36. The van der Waals surface area contributed by atoms with E-state index in [1.165, 1.54) is 0 Å². The number of rotatable bonds is 7. The van der Waals surface area contributed by atoms with Crippen molar-refractivity contribution in [2.24, 2.45) is 0 Å². The molecule has 0 aromatic carbocycles. The van der Waals surface area contributed by atoms with Crippen molar-refractivity contribution in [1.29, 1.82) is 0 Å². The van der Waals surface area contributed by atoms with E-state index in [1.54, 1.807) is 0 Å². The fraction of sp³-hybridized carbons (Fsp3) is 0.600. The van der Waals surface area contributed by atoms with Crippen molar-refractivity contribution in [1.82, 2.24) is 10.4 Å². The zero-order valence-electron chi connectivity index (χ0n) is 8.21. The van der Waals surface area contributed by atoms with Gasteiger partial charge in [0.1, 0.15) is 0 Å². The Balaban J connectivity index is 3.75. The van der Waals surface area contributed by atoms with E-state index in [4.69, 9.17) is 0 Å². The molecule has 0 aromatic rings. The molecular formula is C10H20N2. The molecule has 0 spiro atoms. The van der Waals surface area contributed by atoms with Crippen molar-refractivity contribution in [2.75, 3.05) is 13.1 Å². The van der Waals surface area contributed by atoms with Crippen molar-refractivity contribution in [3.05, 3.63) is 25.3 Å². The average molecular weight is 168 g/mol. The SMILES string of the molecule is C=CCN(CC=C)NC(C)CC. The molecule has 0 aliphatic heterocycles. The lowest BCUT2D eigenvalue weighted by atomic mass is 10.3. The normalized spacial score (nSPS) is 12.9. The molecule has 0 saturated carbocycles. The van der Waals surface area contributed by atoms with Crippen LogP contribution in [0.3, 0.4) is 0 Å². The summed E-state index contributed by atoms with van der Waals surface area (Å²) in [6, 6.07) is 0.518. The summed E-state index contributed by atoms with van der Waals surface area (Å²) in [6.45, 7) is 13.4. The Kier molecular flexibility index (Phi) is 6.72. The number of hydrogen-bond donors (Lipinski definition) is 1. The van der Waals surface area contributed by atoms with Crippen LogP contribution in [0.15, 0.2) is 25.3 Å². The highest BCUT2D eigenvalue weighted by molar-refractivity contribution is 4.78. The van der Waals surface area contributed by atoms with Crippen molar-refractivity contribution >= 4 is 0 Å². The summed E-state index contributed by atoms with van der Waals surface area (Å²) >= 11 is 0. The molecule has 0 saturated heterocycles. The van der Waals surface area contributed by atoms with Crippen LogP contribution in [-0.4, -0.2) is 24.1 Å². The van der Waals surface area contributed by atoms with Gasteiger partial charge in [0.2, 0.25) is 0 Å². The fourth-order valence-corrected chi connectivity index (χ4v) is 0.895. The molecule has 1 N–H and O–H groups in total. The largest absolute Gasteiger partial charge is 0.252 e. The number of nitrogens with zero attached hydrogens (tertiary/aromatic N) is 1. The zero-order valence-corrected chi connectivity index (χ0v) is 8.21. The first kappa shape index (κ1) is 11.4. The standard InChI is InChI=1S/C10H20N2/c1-5-8-12(9-6-2)11-10(4)7-3/h5-6,10-11H,1-2,7-9H2,3-4H3. The van der Waals surface area contributed by atoms with Gasteiger partial charge in [-0.25, -0.2) is 5.01 Å². The molecule has 0 bridgehead atoms. The maximum atomic E-state index is 3.70. The zero-order chi connectivity index (χ0) is 9.40. The van der Waals surface area contributed by atoms with E-state index >= 15 is 0 Å². The molecule has 1 unspecified atom stereocenters. The second-order valence-electron chi connectivity index (χ2n) is 2.92. The van der Waals surface area contributed by atoms with Crippen LogP contribution in [0.25, 0.3) is 0 Å². The molecule has 2 nitrogen and oxygen atoms in total. The van der Waals surface area contributed by atoms with Gasteiger partial charge in [-0.1, -0.05) is 19.1 Å². The summed E-state index contributed by atoms with van der Waals surface area (Å²) in [5, 5.41) is 2.11. The number of nitrogens with one attached hydrogen (secondary N) is 1. The van der Waals surface area contributed by atoms with E-state index in [2.05, 4.69) is 37.4 Å². The molecule has 0 amide bonds. The molecule has 2 heteroatoms. The minimum atomic E-state index is 0.518. The van der Waals surface area contributed by atoms with Gasteiger partial charge in [0.15, 0.2) is 0 Å². The third kappa shape index (κ3) is 5.10. The lowest BCUT2D eigenvalue weighted by Crippen LogP contribution is -2.43. The second kappa shape index (κ2) is 7.07. The van der Waals surface area contributed by atoms with Crippen LogP contribution in [0.2, 0.25) is 0 Å². The van der Waals surface area contributed by atoms with Crippen LogP contribution in [0.1, 0.15) is 20.3 Å². The maximum Gasteiger partial charge on any atom is 0.0312 e. The predicted octanol–water partition coefficient (Wildman–Crippen LogP) is 1.96. The summed E-state index contributed by atoms with van der Waals surface area (Å²) in [5.74, 6) is 0. The van der Waals surface area contributed by atoms with Gasteiger partial charge in [0.25, 0.3) is 0 Å². The summed E-state index contributed by atoms with van der Waals surface area (Å²) in [4.78, 5) is 0. The highest BCUT2D eigenvalue weighted by atomic mass is 15.5. The average Bonchev–Trinajstić information content (AvgIpc) is 2.05.